The molecule has 1 unspecified atom stereocenters. The predicted octanol–water partition coefficient (Wildman–Crippen LogP) is 4.21. The van der Waals surface area contributed by atoms with Crippen molar-refractivity contribution in [1.29, 1.82) is 0 Å². The van der Waals surface area contributed by atoms with Gasteiger partial charge in [-0.25, -0.2) is 4.39 Å². The molecule has 2 heteroatoms. The zero-order valence-electron chi connectivity index (χ0n) is 10.7. The average molecular weight is 206 g/mol. The Morgan fingerprint density at radius 1 is 1.21 bits per heavy atom. The molecule has 0 amide bonds. The van der Waals surface area contributed by atoms with Gasteiger partial charge in [0.25, 0.3) is 0 Å². The van der Waals surface area contributed by atoms with E-state index >= 15 is 0 Å². The Kier molecular flexibility index (Phi) is 11.0. The fourth-order valence-corrected chi connectivity index (χ4v) is 1.31. The van der Waals surface area contributed by atoms with Crippen LogP contribution in [0.25, 0.3) is 0 Å². The average Bonchev–Trinajstić information content (AvgIpc) is 2.21. The molecule has 0 saturated carbocycles. The van der Waals surface area contributed by atoms with Gasteiger partial charge in [-0.3, -0.25) is 0 Å². The summed E-state index contributed by atoms with van der Waals surface area (Å²) in [5.41, 5.74) is 0.151. The summed E-state index contributed by atoms with van der Waals surface area (Å²) in [4.78, 5) is 0. The van der Waals surface area contributed by atoms with Crippen LogP contribution in [-0.4, -0.2) is 19.9 Å². The number of methoxy groups -OCH3 is 1. The first-order valence-corrected chi connectivity index (χ1v) is 5.71. The highest BCUT2D eigenvalue weighted by atomic mass is 19.1. The second-order valence-corrected chi connectivity index (χ2v) is 3.77. The maximum absolute atomic E-state index is 13.1. The molecule has 0 rings (SSSR count). The summed E-state index contributed by atoms with van der Waals surface area (Å²) in [5, 5.41) is 0. The first-order chi connectivity index (χ1) is 6.58. The van der Waals surface area contributed by atoms with E-state index < -0.39 is 6.17 Å². The van der Waals surface area contributed by atoms with Crippen molar-refractivity contribution in [3.05, 3.63) is 0 Å². The summed E-state index contributed by atoms with van der Waals surface area (Å²) in [5.74, 6) is 0. The van der Waals surface area contributed by atoms with E-state index in [1.165, 1.54) is 0 Å². The van der Waals surface area contributed by atoms with Crippen LogP contribution in [0.5, 0.6) is 0 Å². The molecule has 0 aromatic carbocycles. The van der Waals surface area contributed by atoms with Gasteiger partial charge in [-0.05, 0) is 11.8 Å². The second kappa shape index (κ2) is 9.45. The molecule has 0 heterocycles. The van der Waals surface area contributed by atoms with E-state index in [2.05, 4.69) is 20.8 Å². The van der Waals surface area contributed by atoms with E-state index in [1.807, 2.05) is 13.8 Å². The maximum Gasteiger partial charge on any atom is 0.124 e. The first kappa shape index (κ1) is 16.3. The van der Waals surface area contributed by atoms with Crippen molar-refractivity contribution in [2.24, 2.45) is 5.41 Å². The lowest BCUT2D eigenvalue weighted by Gasteiger charge is -2.27. The van der Waals surface area contributed by atoms with Crippen molar-refractivity contribution in [2.45, 2.75) is 60.1 Å². The number of rotatable bonds is 6. The van der Waals surface area contributed by atoms with Crippen molar-refractivity contribution in [1.82, 2.24) is 0 Å². The van der Waals surface area contributed by atoms with Gasteiger partial charge in [0.1, 0.15) is 6.17 Å². The van der Waals surface area contributed by atoms with Gasteiger partial charge in [-0.2, -0.15) is 0 Å². The molecular formula is C12H27FO. The Labute approximate surface area is 89.0 Å². The van der Waals surface area contributed by atoms with E-state index in [4.69, 9.17) is 4.74 Å². The number of ether oxygens (including phenoxy) is 1. The number of alkyl halides is 1. The zero-order valence-corrected chi connectivity index (χ0v) is 10.7. The van der Waals surface area contributed by atoms with Crippen LogP contribution in [0.15, 0.2) is 0 Å². The van der Waals surface area contributed by atoms with E-state index in [0.717, 1.165) is 12.8 Å². The van der Waals surface area contributed by atoms with Crippen LogP contribution in [0.4, 0.5) is 4.39 Å². The third-order valence-corrected chi connectivity index (χ3v) is 2.77. The lowest BCUT2D eigenvalue weighted by molar-refractivity contribution is 0.0848. The summed E-state index contributed by atoms with van der Waals surface area (Å²) >= 11 is 0. The molecule has 14 heavy (non-hydrogen) atoms. The third-order valence-electron chi connectivity index (χ3n) is 2.77. The quantitative estimate of drug-likeness (QED) is 0.632. The summed E-state index contributed by atoms with van der Waals surface area (Å²) in [7, 11) is 1.54. The molecule has 0 saturated heterocycles. The molecule has 0 aromatic heterocycles. The molecule has 88 valence electrons. The molecule has 0 aliphatic heterocycles. The third kappa shape index (κ3) is 7.31. The molecule has 0 aliphatic rings. The van der Waals surface area contributed by atoms with Crippen molar-refractivity contribution < 1.29 is 9.13 Å². The Bertz CT molecular complexity index is 111. The van der Waals surface area contributed by atoms with Gasteiger partial charge in [-0.15, -0.1) is 0 Å². The van der Waals surface area contributed by atoms with Crippen LogP contribution in [-0.2, 0) is 4.74 Å². The van der Waals surface area contributed by atoms with E-state index in [1.54, 1.807) is 7.11 Å². The molecule has 0 N–H and O–H groups in total. The summed E-state index contributed by atoms with van der Waals surface area (Å²) in [6.07, 6.45) is 1.88. The zero-order chi connectivity index (χ0) is 11.6. The van der Waals surface area contributed by atoms with Gasteiger partial charge in [0.05, 0.1) is 6.61 Å². The van der Waals surface area contributed by atoms with Crippen molar-refractivity contribution >= 4 is 0 Å². The normalized spacial score (nSPS) is 13.1. The SMILES string of the molecule is CC.CCC(C)(CC)CC(F)COC. The highest BCUT2D eigenvalue weighted by Gasteiger charge is 2.24. The lowest BCUT2D eigenvalue weighted by atomic mass is 9.80. The Morgan fingerprint density at radius 2 is 1.64 bits per heavy atom. The maximum atomic E-state index is 13.1. The largest absolute Gasteiger partial charge is 0.382 e. The number of hydrogen-bond donors (Lipinski definition) is 0. The van der Waals surface area contributed by atoms with Crippen LogP contribution >= 0.6 is 0 Å². The minimum Gasteiger partial charge on any atom is -0.382 e. The van der Waals surface area contributed by atoms with Gasteiger partial charge >= 0.3 is 0 Å². The van der Waals surface area contributed by atoms with Crippen molar-refractivity contribution in [3.8, 4) is 0 Å². The highest BCUT2D eigenvalue weighted by Crippen LogP contribution is 2.31. The monoisotopic (exact) mass is 206 g/mol. The van der Waals surface area contributed by atoms with Gasteiger partial charge in [0.2, 0.25) is 0 Å². The van der Waals surface area contributed by atoms with Gasteiger partial charge < -0.3 is 4.74 Å². The molecule has 1 nitrogen and oxygen atoms in total. The Balaban J connectivity index is 0. The van der Waals surface area contributed by atoms with Crippen molar-refractivity contribution in [2.75, 3.05) is 13.7 Å². The van der Waals surface area contributed by atoms with Crippen molar-refractivity contribution in [3.63, 3.8) is 0 Å². The molecular weight excluding hydrogens is 179 g/mol. The van der Waals surface area contributed by atoms with Gasteiger partial charge in [0, 0.05) is 7.11 Å². The molecule has 0 aliphatic carbocycles. The fraction of sp³-hybridized carbons (Fsp3) is 1.00. The van der Waals surface area contributed by atoms with Gasteiger partial charge in [0.15, 0.2) is 0 Å². The summed E-state index contributed by atoms with van der Waals surface area (Å²) < 4.78 is 17.9. The van der Waals surface area contributed by atoms with E-state index in [-0.39, 0.29) is 12.0 Å². The minimum absolute atomic E-state index is 0.151. The fourth-order valence-electron chi connectivity index (χ4n) is 1.31. The summed E-state index contributed by atoms with van der Waals surface area (Å²) in [6.45, 7) is 10.6. The van der Waals surface area contributed by atoms with Crippen LogP contribution in [0.3, 0.4) is 0 Å². The Hall–Kier alpha value is -0.110. The predicted molar refractivity (Wildman–Crippen MR) is 61.4 cm³/mol. The smallest absolute Gasteiger partial charge is 0.124 e. The van der Waals surface area contributed by atoms with Crippen LogP contribution < -0.4 is 0 Å². The molecule has 0 spiro atoms. The topological polar surface area (TPSA) is 9.23 Å². The van der Waals surface area contributed by atoms with Crippen LogP contribution in [0.2, 0.25) is 0 Å². The first-order valence-electron chi connectivity index (χ1n) is 5.71. The number of hydrogen-bond acceptors (Lipinski definition) is 1. The minimum atomic E-state index is -0.806. The molecule has 0 bridgehead atoms. The highest BCUT2D eigenvalue weighted by molar-refractivity contribution is 4.74. The molecule has 0 aromatic rings. The summed E-state index contributed by atoms with van der Waals surface area (Å²) in [6, 6.07) is 0. The van der Waals surface area contributed by atoms with Crippen LogP contribution in [0.1, 0.15) is 53.9 Å². The molecule has 1 atom stereocenters. The van der Waals surface area contributed by atoms with E-state index in [9.17, 15) is 4.39 Å². The number of halogens is 1. The molecule has 0 radical (unpaired) electrons. The van der Waals surface area contributed by atoms with Crippen LogP contribution in [0, 0.1) is 5.41 Å². The van der Waals surface area contributed by atoms with E-state index in [0.29, 0.717) is 6.42 Å². The Morgan fingerprint density at radius 3 is 1.93 bits per heavy atom. The second-order valence-electron chi connectivity index (χ2n) is 3.77. The standard InChI is InChI=1S/C10H21FO.C2H6/c1-5-10(3,6-2)7-9(11)8-12-4;1-2/h9H,5-8H2,1-4H3;1-2H3. The molecule has 0 fully saturated rings. The lowest BCUT2D eigenvalue weighted by Crippen LogP contribution is -2.22. The van der Waals surface area contributed by atoms with Gasteiger partial charge in [-0.1, -0.05) is 47.5 Å².